The molecule has 7 aromatic rings. The molecule has 1 atom stereocenters. The summed E-state index contributed by atoms with van der Waals surface area (Å²) in [4.78, 5) is 0. The number of rotatable bonds is 6. The molecule has 0 aliphatic carbocycles. The lowest BCUT2D eigenvalue weighted by Crippen LogP contribution is -2.08. The molecule has 0 aliphatic rings. The monoisotopic (exact) mass is 578 g/mol. The fraction of sp³-hybridized carbons (Fsp3) is 0.0233. The Labute approximate surface area is 261 Å². The van der Waals surface area contributed by atoms with Crippen LogP contribution in [0.15, 0.2) is 158 Å². The number of fused-ring (bicyclic) bond motifs is 3. The van der Waals surface area contributed by atoms with Gasteiger partial charge < -0.3 is 0 Å². The van der Waals surface area contributed by atoms with Crippen molar-refractivity contribution in [2.24, 2.45) is 0 Å². The van der Waals surface area contributed by atoms with Crippen LogP contribution in [-0.2, 0) is 0 Å². The van der Waals surface area contributed by atoms with E-state index in [2.05, 4.69) is 158 Å². The SMILES string of the molecule is C#C/C=C\C=C(/C)c1ccccc1Pc1cccc(-c2c3ccccc3c(-c3ccc4ccccc4c3)c3ccccc23)c1. The first-order valence-electron chi connectivity index (χ1n) is 14.9. The van der Waals surface area contributed by atoms with E-state index in [0.717, 1.165) is 0 Å². The number of benzene rings is 7. The van der Waals surface area contributed by atoms with Crippen molar-refractivity contribution in [1.82, 2.24) is 0 Å². The van der Waals surface area contributed by atoms with Crippen LogP contribution < -0.4 is 10.6 Å². The molecule has 0 heterocycles. The van der Waals surface area contributed by atoms with Crippen LogP contribution in [0.3, 0.4) is 0 Å². The van der Waals surface area contributed by atoms with Crippen molar-refractivity contribution in [2.45, 2.75) is 6.92 Å². The summed E-state index contributed by atoms with van der Waals surface area (Å²) in [7, 11) is 0.529. The van der Waals surface area contributed by atoms with E-state index in [1.807, 2.05) is 6.08 Å². The summed E-state index contributed by atoms with van der Waals surface area (Å²) in [5, 5.41) is 10.3. The molecule has 0 amide bonds. The van der Waals surface area contributed by atoms with Gasteiger partial charge in [-0.3, -0.25) is 0 Å². The summed E-state index contributed by atoms with van der Waals surface area (Å²) in [6.45, 7) is 2.15. The van der Waals surface area contributed by atoms with Gasteiger partial charge in [0.1, 0.15) is 0 Å². The molecule has 0 bridgehead atoms. The van der Waals surface area contributed by atoms with Crippen molar-refractivity contribution in [3.8, 4) is 34.6 Å². The minimum absolute atomic E-state index is 0.529. The van der Waals surface area contributed by atoms with E-state index in [-0.39, 0.29) is 0 Å². The van der Waals surface area contributed by atoms with Crippen molar-refractivity contribution in [2.75, 3.05) is 0 Å². The van der Waals surface area contributed by atoms with Gasteiger partial charge >= 0.3 is 0 Å². The molecule has 0 aromatic heterocycles. The lowest BCUT2D eigenvalue weighted by Gasteiger charge is -2.18. The van der Waals surface area contributed by atoms with Crippen LogP contribution in [0.5, 0.6) is 0 Å². The normalized spacial score (nSPS) is 12.1. The Kier molecular flexibility index (Phi) is 7.65. The predicted molar refractivity (Wildman–Crippen MR) is 195 cm³/mol. The molecule has 0 spiro atoms. The van der Waals surface area contributed by atoms with Crippen molar-refractivity contribution >= 4 is 57.1 Å². The maximum absolute atomic E-state index is 5.41. The third-order valence-corrected chi connectivity index (χ3v) is 9.60. The quantitative estimate of drug-likeness (QED) is 0.0797. The first kappa shape index (κ1) is 27.6. The molecule has 0 saturated carbocycles. The summed E-state index contributed by atoms with van der Waals surface area (Å²) in [5.74, 6) is 2.57. The smallest absolute Gasteiger partial charge is 0.00261 e. The van der Waals surface area contributed by atoms with E-state index >= 15 is 0 Å². The fourth-order valence-electron chi connectivity index (χ4n) is 6.28. The van der Waals surface area contributed by atoms with Crippen molar-refractivity contribution < 1.29 is 0 Å². The van der Waals surface area contributed by atoms with Crippen LogP contribution in [0, 0.1) is 12.3 Å². The molecule has 7 rings (SSSR count). The van der Waals surface area contributed by atoms with Crippen LogP contribution in [0.25, 0.3) is 60.1 Å². The third kappa shape index (κ3) is 5.24. The number of terminal acetylenes is 1. The summed E-state index contributed by atoms with van der Waals surface area (Å²) in [6, 6.07) is 51.0. The second kappa shape index (κ2) is 12.2. The van der Waals surface area contributed by atoms with Gasteiger partial charge in [-0.1, -0.05) is 154 Å². The predicted octanol–water partition coefficient (Wildman–Crippen LogP) is 10.7. The Morgan fingerprint density at radius 1 is 0.591 bits per heavy atom. The zero-order valence-corrected chi connectivity index (χ0v) is 25.6. The topological polar surface area (TPSA) is 0 Å². The molecule has 1 heteroatoms. The summed E-state index contributed by atoms with van der Waals surface area (Å²) in [5.41, 5.74) is 7.53. The fourth-order valence-corrected chi connectivity index (χ4v) is 7.59. The Balaban J connectivity index is 1.39. The lowest BCUT2D eigenvalue weighted by atomic mass is 9.85. The van der Waals surface area contributed by atoms with E-state index in [1.165, 1.54) is 76.3 Å². The average molecular weight is 579 g/mol. The van der Waals surface area contributed by atoms with Crippen molar-refractivity contribution in [1.29, 1.82) is 0 Å². The minimum atomic E-state index is 0.529. The van der Waals surface area contributed by atoms with Gasteiger partial charge in [0.05, 0.1) is 0 Å². The van der Waals surface area contributed by atoms with Gasteiger partial charge in [-0.05, 0) is 101 Å². The van der Waals surface area contributed by atoms with Gasteiger partial charge in [0.2, 0.25) is 0 Å². The van der Waals surface area contributed by atoms with E-state index in [4.69, 9.17) is 6.42 Å². The van der Waals surface area contributed by atoms with Crippen LogP contribution >= 0.6 is 8.58 Å². The third-order valence-electron chi connectivity index (χ3n) is 8.29. The van der Waals surface area contributed by atoms with Gasteiger partial charge in [-0.15, -0.1) is 6.42 Å². The number of allylic oxidation sites excluding steroid dienone is 4. The highest BCUT2D eigenvalue weighted by Gasteiger charge is 2.17. The Morgan fingerprint density at radius 2 is 1.18 bits per heavy atom. The molecular weight excluding hydrogens is 547 g/mol. The molecule has 208 valence electrons. The summed E-state index contributed by atoms with van der Waals surface area (Å²) >= 11 is 0. The standard InChI is InChI=1S/C43H31P/c1-3-4-5-15-30(2)36-20-12-13-25-41(36)44-35-19-14-18-33(29-35)42-37-21-8-10-23-39(37)43(40-24-11-9-22-38(40)42)34-27-26-31-16-6-7-17-32(31)28-34/h1,4-29,44H,2H3/b5-4-,30-15+. The Hall–Kier alpha value is -5.21. The van der Waals surface area contributed by atoms with E-state index < -0.39 is 0 Å². The Bertz CT molecular complexity index is 2220. The largest absolute Gasteiger partial charge is 0.115 e. The molecule has 0 nitrogen and oxygen atoms in total. The number of hydrogen-bond acceptors (Lipinski definition) is 0. The first-order chi connectivity index (χ1) is 21.7. The highest BCUT2D eigenvalue weighted by Crippen LogP contribution is 2.44. The van der Waals surface area contributed by atoms with Gasteiger partial charge in [-0.25, -0.2) is 0 Å². The van der Waals surface area contributed by atoms with E-state index in [9.17, 15) is 0 Å². The van der Waals surface area contributed by atoms with Crippen molar-refractivity contribution in [3.05, 3.63) is 163 Å². The highest BCUT2D eigenvalue weighted by atomic mass is 31.1. The zero-order chi connectivity index (χ0) is 29.9. The molecule has 7 aromatic carbocycles. The average Bonchev–Trinajstić information content (AvgIpc) is 3.07. The van der Waals surface area contributed by atoms with Gasteiger partial charge in [0.15, 0.2) is 0 Å². The van der Waals surface area contributed by atoms with Crippen molar-refractivity contribution in [3.63, 3.8) is 0 Å². The maximum Gasteiger partial charge on any atom is -0.00261 e. The van der Waals surface area contributed by atoms with E-state index in [1.54, 1.807) is 6.08 Å². The summed E-state index contributed by atoms with van der Waals surface area (Å²) in [6.07, 6.45) is 11.2. The zero-order valence-electron chi connectivity index (χ0n) is 24.6. The van der Waals surface area contributed by atoms with Gasteiger partial charge in [0.25, 0.3) is 0 Å². The van der Waals surface area contributed by atoms with Crippen LogP contribution in [0.1, 0.15) is 12.5 Å². The molecule has 0 N–H and O–H groups in total. The minimum Gasteiger partial charge on any atom is -0.115 e. The molecule has 0 saturated heterocycles. The molecular formula is C43H31P. The number of hydrogen-bond donors (Lipinski definition) is 0. The van der Waals surface area contributed by atoms with Gasteiger partial charge in [0, 0.05) is 0 Å². The van der Waals surface area contributed by atoms with Crippen LogP contribution in [0.2, 0.25) is 0 Å². The Morgan fingerprint density at radius 3 is 1.86 bits per heavy atom. The molecule has 44 heavy (non-hydrogen) atoms. The highest BCUT2D eigenvalue weighted by molar-refractivity contribution is 7.55. The van der Waals surface area contributed by atoms with E-state index in [0.29, 0.717) is 8.58 Å². The van der Waals surface area contributed by atoms with Crippen LogP contribution in [-0.4, -0.2) is 0 Å². The second-order valence-corrected chi connectivity index (χ2v) is 12.4. The molecule has 0 radical (unpaired) electrons. The summed E-state index contributed by atoms with van der Waals surface area (Å²) < 4.78 is 0. The molecule has 0 aliphatic heterocycles. The maximum atomic E-state index is 5.41. The molecule has 1 unspecified atom stereocenters. The molecule has 0 fully saturated rings. The van der Waals surface area contributed by atoms with Crippen LogP contribution in [0.4, 0.5) is 0 Å². The lowest BCUT2D eigenvalue weighted by molar-refractivity contribution is 1.61. The van der Waals surface area contributed by atoms with Gasteiger partial charge in [-0.2, -0.15) is 0 Å². The second-order valence-electron chi connectivity index (χ2n) is 11.0. The first-order valence-corrected chi connectivity index (χ1v) is 15.9.